The molecule has 0 aliphatic carbocycles. The van der Waals surface area contributed by atoms with E-state index >= 15 is 0 Å². The van der Waals surface area contributed by atoms with Crippen molar-refractivity contribution in [3.8, 4) is 0 Å². The van der Waals surface area contributed by atoms with Crippen LogP contribution < -0.4 is 0 Å². The smallest absolute Gasteiger partial charge is 0.152 e. The van der Waals surface area contributed by atoms with Gasteiger partial charge in [-0.25, -0.2) is 8.42 Å². The van der Waals surface area contributed by atoms with Gasteiger partial charge in [0.15, 0.2) is 9.84 Å². The van der Waals surface area contributed by atoms with E-state index in [1.807, 2.05) is 11.8 Å². The lowest BCUT2D eigenvalue weighted by Gasteiger charge is -2.27. The number of hydrogen-bond acceptors (Lipinski definition) is 4. The molecule has 5 heteroatoms. The van der Waals surface area contributed by atoms with Crippen LogP contribution in [0.1, 0.15) is 13.3 Å². The summed E-state index contributed by atoms with van der Waals surface area (Å²) in [5.74, 6) is 0.479. The SMILES string of the molecule is CC[C@@H](O)CN1CCS(=O)(=O)CC1. The van der Waals surface area contributed by atoms with Crippen molar-refractivity contribution >= 4 is 9.84 Å². The highest BCUT2D eigenvalue weighted by Gasteiger charge is 2.22. The molecule has 1 rings (SSSR count). The van der Waals surface area contributed by atoms with Crippen molar-refractivity contribution in [3.63, 3.8) is 0 Å². The van der Waals surface area contributed by atoms with E-state index in [1.54, 1.807) is 0 Å². The maximum atomic E-state index is 11.1. The minimum absolute atomic E-state index is 0.240. The Hall–Kier alpha value is -0.130. The Bertz CT molecular complexity index is 236. The van der Waals surface area contributed by atoms with E-state index in [-0.39, 0.29) is 17.6 Å². The second-order valence-electron chi connectivity index (χ2n) is 3.51. The van der Waals surface area contributed by atoms with Gasteiger partial charge in [0.1, 0.15) is 0 Å². The largest absolute Gasteiger partial charge is 0.392 e. The standard InChI is InChI=1S/C8H17NO3S/c1-2-8(10)7-9-3-5-13(11,12)6-4-9/h8,10H,2-7H2,1H3/t8-/m1/s1. The molecule has 0 radical (unpaired) electrons. The molecule has 13 heavy (non-hydrogen) atoms. The van der Waals surface area contributed by atoms with E-state index < -0.39 is 9.84 Å². The molecule has 0 aromatic carbocycles. The number of aliphatic hydroxyl groups is 1. The monoisotopic (exact) mass is 207 g/mol. The third kappa shape index (κ3) is 3.62. The second kappa shape index (κ2) is 4.39. The van der Waals surface area contributed by atoms with Crippen molar-refractivity contribution in [2.45, 2.75) is 19.4 Å². The zero-order valence-electron chi connectivity index (χ0n) is 7.94. The summed E-state index contributed by atoms with van der Waals surface area (Å²) in [5, 5.41) is 9.35. The summed E-state index contributed by atoms with van der Waals surface area (Å²) in [7, 11) is -2.78. The quantitative estimate of drug-likeness (QED) is 0.677. The van der Waals surface area contributed by atoms with Gasteiger partial charge in [-0.2, -0.15) is 0 Å². The molecule has 1 atom stereocenters. The van der Waals surface area contributed by atoms with Gasteiger partial charge in [-0.1, -0.05) is 6.92 Å². The molecule has 0 aromatic rings. The lowest BCUT2D eigenvalue weighted by atomic mass is 10.2. The van der Waals surface area contributed by atoms with Crippen molar-refractivity contribution in [2.24, 2.45) is 0 Å². The number of rotatable bonds is 3. The summed E-state index contributed by atoms with van der Waals surface area (Å²) in [4.78, 5) is 2.01. The molecule has 1 aliphatic heterocycles. The summed E-state index contributed by atoms with van der Waals surface area (Å²) in [5.41, 5.74) is 0. The molecule has 4 nitrogen and oxygen atoms in total. The van der Waals surface area contributed by atoms with Gasteiger partial charge in [0.05, 0.1) is 17.6 Å². The van der Waals surface area contributed by atoms with Crippen LogP contribution in [0.5, 0.6) is 0 Å². The Morgan fingerprint density at radius 3 is 2.38 bits per heavy atom. The second-order valence-corrected chi connectivity index (χ2v) is 5.82. The Balaban J connectivity index is 2.33. The molecule has 0 spiro atoms. The molecule has 1 fully saturated rings. The average molecular weight is 207 g/mol. The van der Waals surface area contributed by atoms with Crippen LogP contribution in [0.4, 0.5) is 0 Å². The zero-order valence-corrected chi connectivity index (χ0v) is 8.76. The van der Waals surface area contributed by atoms with E-state index in [4.69, 9.17) is 0 Å². The van der Waals surface area contributed by atoms with Gasteiger partial charge < -0.3 is 5.11 Å². The predicted molar refractivity (Wildman–Crippen MR) is 51.4 cm³/mol. The first-order valence-corrected chi connectivity index (χ1v) is 6.46. The first kappa shape index (κ1) is 10.9. The fourth-order valence-corrected chi connectivity index (χ4v) is 2.64. The summed E-state index contributed by atoms with van der Waals surface area (Å²) in [6.45, 7) is 3.66. The normalized spacial score (nSPS) is 25.7. The molecular formula is C8H17NO3S. The molecule has 0 unspecified atom stereocenters. The number of nitrogens with zero attached hydrogens (tertiary/aromatic N) is 1. The van der Waals surface area contributed by atoms with Crippen LogP contribution in [-0.4, -0.2) is 55.7 Å². The lowest BCUT2D eigenvalue weighted by molar-refractivity contribution is 0.114. The van der Waals surface area contributed by atoms with Crippen molar-refractivity contribution in [3.05, 3.63) is 0 Å². The topological polar surface area (TPSA) is 57.6 Å². The van der Waals surface area contributed by atoms with Crippen molar-refractivity contribution in [1.82, 2.24) is 4.90 Å². The fraction of sp³-hybridized carbons (Fsp3) is 1.00. The minimum atomic E-state index is -2.78. The molecule has 0 bridgehead atoms. The molecule has 1 saturated heterocycles. The lowest BCUT2D eigenvalue weighted by Crippen LogP contribution is -2.43. The summed E-state index contributed by atoms with van der Waals surface area (Å²) >= 11 is 0. The van der Waals surface area contributed by atoms with Crippen LogP contribution in [0, 0.1) is 0 Å². The Labute approximate surface area is 79.5 Å². The van der Waals surface area contributed by atoms with Crippen LogP contribution in [0.25, 0.3) is 0 Å². The number of β-amino-alcohol motifs (C(OH)–C–C–N with tert-alkyl or cyclic N) is 1. The first-order chi connectivity index (χ1) is 6.03. The van der Waals surface area contributed by atoms with Gasteiger partial charge in [-0.3, -0.25) is 4.90 Å². The third-order valence-corrected chi connectivity index (χ3v) is 3.99. The summed E-state index contributed by atoms with van der Waals surface area (Å²) in [6.07, 6.45) is 0.407. The van der Waals surface area contributed by atoms with Crippen LogP contribution >= 0.6 is 0 Å². The first-order valence-electron chi connectivity index (χ1n) is 4.64. The van der Waals surface area contributed by atoms with Gasteiger partial charge in [0.25, 0.3) is 0 Å². The maximum absolute atomic E-state index is 11.1. The molecule has 1 heterocycles. The van der Waals surface area contributed by atoms with Crippen LogP contribution in [0.3, 0.4) is 0 Å². The van der Waals surface area contributed by atoms with Gasteiger partial charge in [0, 0.05) is 19.6 Å². The van der Waals surface area contributed by atoms with Gasteiger partial charge in [-0.05, 0) is 6.42 Å². The Morgan fingerprint density at radius 2 is 1.92 bits per heavy atom. The van der Waals surface area contributed by atoms with E-state index in [2.05, 4.69) is 0 Å². The Morgan fingerprint density at radius 1 is 1.38 bits per heavy atom. The van der Waals surface area contributed by atoms with Crippen molar-refractivity contribution < 1.29 is 13.5 Å². The van der Waals surface area contributed by atoms with Gasteiger partial charge in [0.2, 0.25) is 0 Å². The van der Waals surface area contributed by atoms with Crippen molar-refractivity contribution in [1.29, 1.82) is 0 Å². The van der Waals surface area contributed by atoms with E-state index in [9.17, 15) is 13.5 Å². The van der Waals surface area contributed by atoms with Gasteiger partial charge >= 0.3 is 0 Å². The molecule has 0 amide bonds. The molecule has 1 aliphatic rings. The van der Waals surface area contributed by atoms with E-state index in [0.29, 0.717) is 19.6 Å². The highest BCUT2D eigenvalue weighted by atomic mass is 32.2. The molecule has 78 valence electrons. The number of sulfone groups is 1. The van der Waals surface area contributed by atoms with Crippen LogP contribution in [0.15, 0.2) is 0 Å². The Kier molecular flexibility index (Phi) is 3.70. The zero-order chi connectivity index (χ0) is 9.90. The predicted octanol–water partition coefficient (Wildman–Crippen LogP) is -0.512. The maximum Gasteiger partial charge on any atom is 0.152 e. The summed E-state index contributed by atoms with van der Waals surface area (Å²) in [6, 6.07) is 0. The molecule has 0 saturated carbocycles. The number of hydrogen-bond donors (Lipinski definition) is 1. The van der Waals surface area contributed by atoms with Crippen LogP contribution in [0.2, 0.25) is 0 Å². The highest BCUT2D eigenvalue weighted by Crippen LogP contribution is 2.05. The third-order valence-electron chi connectivity index (χ3n) is 2.38. The van der Waals surface area contributed by atoms with E-state index in [0.717, 1.165) is 6.42 Å². The van der Waals surface area contributed by atoms with E-state index in [1.165, 1.54) is 0 Å². The number of aliphatic hydroxyl groups excluding tert-OH is 1. The van der Waals surface area contributed by atoms with Crippen LogP contribution in [-0.2, 0) is 9.84 Å². The van der Waals surface area contributed by atoms with Gasteiger partial charge in [-0.15, -0.1) is 0 Å². The highest BCUT2D eigenvalue weighted by molar-refractivity contribution is 7.91. The van der Waals surface area contributed by atoms with Crippen molar-refractivity contribution in [2.75, 3.05) is 31.1 Å². The average Bonchev–Trinajstić information content (AvgIpc) is 2.08. The fourth-order valence-electron chi connectivity index (χ4n) is 1.36. The molecule has 0 aromatic heterocycles. The summed E-state index contributed by atoms with van der Waals surface area (Å²) < 4.78 is 22.1. The molecular weight excluding hydrogens is 190 g/mol. The molecule has 1 N–H and O–H groups in total. The minimum Gasteiger partial charge on any atom is -0.392 e.